The number of ketones is 1. The molecule has 2 rings (SSSR count). The van der Waals surface area contributed by atoms with E-state index in [-0.39, 0.29) is 12.2 Å². The van der Waals surface area contributed by atoms with Gasteiger partial charge in [-0.05, 0) is 31.0 Å². The van der Waals surface area contributed by atoms with Gasteiger partial charge >= 0.3 is 5.97 Å². The van der Waals surface area contributed by atoms with E-state index < -0.39 is 11.9 Å². The number of rotatable bonds is 5. The van der Waals surface area contributed by atoms with Crippen molar-refractivity contribution in [3.63, 3.8) is 0 Å². The van der Waals surface area contributed by atoms with E-state index in [0.29, 0.717) is 0 Å². The summed E-state index contributed by atoms with van der Waals surface area (Å²) in [4.78, 5) is 24.5. The molecule has 0 bridgehead atoms. The first-order valence-corrected chi connectivity index (χ1v) is 6.73. The summed E-state index contributed by atoms with van der Waals surface area (Å²) >= 11 is 0. The number of carboxylic acids is 1. The van der Waals surface area contributed by atoms with Crippen LogP contribution in [0.5, 0.6) is 0 Å². The number of hydrogen-bond acceptors (Lipinski definition) is 4. The number of aliphatic carboxylic acids is 1. The highest BCUT2D eigenvalue weighted by molar-refractivity contribution is 5.97. The van der Waals surface area contributed by atoms with E-state index in [2.05, 4.69) is 4.90 Å². The zero-order chi connectivity index (χ0) is 14.5. The van der Waals surface area contributed by atoms with Crippen LogP contribution in [0, 0.1) is 5.92 Å². The largest absolute Gasteiger partial charge is 0.481 e. The predicted molar refractivity (Wildman–Crippen MR) is 75.0 cm³/mol. The van der Waals surface area contributed by atoms with Gasteiger partial charge in [0.25, 0.3) is 0 Å². The molecule has 1 aliphatic rings. The average Bonchev–Trinajstić information content (AvgIpc) is 2.45. The minimum Gasteiger partial charge on any atom is -0.481 e. The van der Waals surface area contributed by atoms with Gasteiger partial charge in [0.1, 0.15) is 11.7 Å². The van der Waals surface area contributed by atoms with Gasteiger partial charge in [-0.3, -0.25) is 9.59 Å². The molecule has 20 heavy (non-hydrogen) atoms. The average molecular weight is 277 g/mol. The van der Waals surface area contributed by atoms with Crippen LogP contribution in [-0.2, 0) is 20.7 Å². The summed E-state index contributed by atoms with van der Waals surface area (Å²) in [6, 6.07) is 7.73. The molecule has 1 aromatic carbocycles. The van der Waals surface area contributed by atoms with Crippen molar-refractivity contribution in [1.29, 1.82) is 0 Å². The Hall–Kier alpha value is -1.88. The molecule has 0 aliphatic carbocycles. The number of hydrogen-bond donors (Lipinski definition) is 1. The Morgan fingerprint density at radius 3 is 2.35 bits per heavy atom. The van der Waals surface area contributed by atoms with Gasteiger partial charge in [-0.1, -0.05) is 12.1 Å². The Morgan fingerprint density at radius 1 is 1.25 bits per heavy atom. The molecule has 0 saturated carbocycles. The lowest BCUT2D eigenvalue weighted by Gasteiger charge is -2.29. The van der Waals surface area contributed by atoms with Crippen LogP contribution >= 0.6 is 0 Å². The highest BCUT2D eigenvalue weighted by atomic mass is 16.5. The number of nitrogens with zero attached hydrogens (tertiary/aromatic N) is 1. The lowest BCUT2D eigenvalue weighted by Crippen LogP contribution is -2.36. The van der Waals surface area contributed by atoms with Crippen LogP contribution in [0.2, 0.25) is 0 Å². The fourth-order valence-corrected chi connectivity index (χ4v) is 2.31. The fourth-order valence-electron chi connectivity index (χ4n) is 2.31. The fraction of sp³-hybridized carbons (Fsp3) is 0.467. The molecular weight excluding hydrogens is 258 g/mol. The normalized spacial score (nSPS) is 16.8. The van der Waals surface area contributed by atoms with Gasteiger partial charge in [0, 0.05) is 18.8 Å². The zero-order valence-electron chi connectivity index (χ0n) is 11.5. The van der Waals surface area contributed by atoms with Gasteiger partial charge < -0.3 is 14.7 Å². The SMILES string of the molecule is CC(=O)C(Cc1ccc(N2CCOCC2)cc1)C(=O)O. The van der Waals surface area contributed by atoms with E-state index in [0.717, 1.165) is 37.6 Å². The number of carbonyl (C=O) groups is 2. The molecule has 1 fully saturated rings. The maximum atomic E-state index is 11.3. The minimum absolute atomic E-state index is 0.244. The van der Waals surface area contributed by atoms with E-state index in [1.54, 1.807) is 0 Å². The van der Waals surface area contributed by atoms with Crippen LogP contribution in [0.3, 0.4) is 0 Å². The molecule has 0 aromatic heterocycles. The van der Waals surface area contributed by atoms with Gasteiger partial charge in [0.2, 0.25) is 0 Å². The molecule has 0 spiro atoms. The summed E-state index contributed by atoms with van der Waals surface area (Å²) in [7, 11) is 0. The lowest BCUT2D eigenvalue weighted by atomic mass is 9.96. The van der Waals surface area contributed by atoms with Gasteiger partial charge in [-0.15, -0.1) is 0 Å². The maximum absolute atomic E-state index is 11.3. The van der Waals surface area contributed by atoms with Gasteiger partial charge in [0.05, 0.1) is 13.2 Å². The van der Waals surface area contributed by atoms with Crippen molar-refractivity contribution in [3.05, 3.63) is 29.8 Å². The van der Waals surface area contributed by atoms with Crippen molar-refractivity contribution in [2.45, 2.75) is 13.3 Å². The van der Waals surface area contributed by atoms with Crippen molar-refractivity contribution >= 4 is 17.4 Å². The second-order valence-corrected chi connectivity index (χ2v) is 4.97. The summed E-state index contributed by atoms with van der Waals surface area (Å²) in [6.45, 7) is 4.51. The van der Waals surface area contributed by atoms with Crippen molar-refractivity contribution in [3.8, 4) is 0 Å². The summed E-state index contributed by atoms with van der Waals surface area (Å²) in [5, 5.41) is 9.02. The highest BCUT2D eigenvalue weighted by Crippen LogP contribution is 2.18. The topological polar surface area (TPSA) is 66.8 Å². The Kier molecular flexibility index (Phi) is 4.74. The van der Waals surface area contributed by atoms with Crippen LogP contribution in [-0.4, -0.2) is 43.2 Å². The monoisotopic (exact) mass is 277 g/mol. The molecule has 5 nitrogen and oxygen atoms in total. The molecule has 0 amide bonds. The van der Waals surface area contributed by atoms with Gasteiger partial charge in [0.15, 0.2) is 0 Å². The second kappa shape index (κ2) is 6.52. The van der Waals surface area contributed by atoms with Crippen LogP contribution in [0.4, 0.5) is 5.69 Å². The number of anilines is 1. The maximum Gasteiger partial charge on any atom is 0.314 e. The molecule has 0 radical (unpaired) electrons. The summed E-state index contributed by atoms with van der Waals surface area (Å²) in [5.41, 5.74) is 1.97. The van der Waals surface area contributed by atoms with Crippen LogP contribution < -0.4 is 4.90 Å². The quantitative estimate of drug-likeness (QED) is 0.823. The number of carboxylic acid groups (broad SMARTS) is 1. The van der Waals surface area contributed by atoms with Gasteiger partial charge in [-0.2, -0.15) is 0 Å². The number of Topliss-reactive ketones (excluding diaryl/α,β-unsaturated/α-hetero) is 1. The lowest BCUT2D eigenvalue weighted by molar-refractivity contribution is -0.145. The third-order valence-corrected chi connectivity index (χ3v) is 3.54. The second-order valence-electron chi connectivity index (χ2n) is 4.97. The van der Waals surface area contributed by atoms with Crippen LogP contribution in [0.15, 0.2) is 24.3 Å². The number of benzene rings is 1. The summed E-state index contributed by atoms with van der Waals surface area (Å²) < 4.78 is 5.31. The van der Waals surface area contributed by atoms with Crippen molar-refractivity contribution < 1.29 is 19.4 Å². The van der Waals surface area contributed by atoms with E-state index in [9.17, 15) is 9.59 Å². The Morgan fingerprint density at radius 2 is 1.85 bits per heavy atom. The number of ether oxygens (including phenoxy) is 1. The molecular formula is C15H19NO4. The molecule has 108 valence electrons. The van der Waals surface area contributed by atoms with Gasteiger partial charge in [-0.25, -0.2) is 0 Å². The number of carbonyl (C=O) groups excluding carboxylic acids is 1. The molecule has 1 atom stereocenters. The van der Waals surface area contributed by atoms with E-state index >= 15 is 0 Å². The first kappa shape index (κ1) is 14.5. The molecule has 1 unspecified atom stereocenters. The molecule has 1 N–H and O–H groups in total. The smallest absolute Gasteiger partial charge is 0.314 e. The van der Waals surface area contributed by atoms with Crippen molar-refractivity contribution in [1.82, 2.24) is 0 Å². The molecule has 5 heteroatoms. The summed E-state index contributed by atoms with van der Waals surface area (Å²) in [5.74, 6) is -2.33. The highest BCUT2D eigenvalue weighted by Gasteiger charge is 2.22. The third-order valence-electron chi connectivity index (χ3n) is 3.54. The zero-order valence-corrected chi connectivity index (χ0v) is 11.5. The first-order chi connectivity index (χ1) is 9.58. The molecule has 1 saturated heterocycles. The standard InChI is InChI=1S/C15H19NO4/c1-11(17)14(15(18)19)10-12-2-4-13(5-3-12)16-6-8-20-9-7-16/h2-5,14H,6-10H2,1H3,(H,18,19). The molecule has 1 heterocycles. The third kappa shape index (κ3) is 3.57. The van der Waals surface area contributed by atoms with E-state index in [4.69, 9.17) is 9.84 Å². The van der Waals surface area contributed by atoms with Crippen molar-refractivity contribution in [2.75, 3.05) is 31.2 Å². The Balaban J connectivity index is 2.03. The number of morpholine rings is 1. The molecule has 1 aromatic rings. The summed E-state index contributed by atoms with van der Waals surface area (Å²) in [6.07, 6.45) is 0.244. The minimum atomic E-state index is -1.06. The molecule has 1 aliphatic heterocycles. The first-order valence-electron chi connectivity index (χ1n) is 6.73. The van der Waals surface area contributed by atoms with Crippen LogP contribution in [0.25, 0.3) is 0 Å². The van der Waals surface area contributed by atoms with Crippen molar-refractivity contribution in [2.24, 2.45) is 5.92 Å². The van der Waals surface area contributed by atoms with Crippen LogP contribution in [0.1, 0.15) is 12.5 Å². The Labute approximate surface area is 118 Å². The predicted octanol–water partition coefficient (Wildman–Crippen LogP) is 1.36. The Bertz CT molecular complexity index is 463. The van der Waals surface area contributed by atoms with E-state index in [1.165, 1.54) is 6.92 Å². The van der Waals surface area contributed by atoms with E-state index in [1.807, 2.05) is 24.3 Å².